The number of esters is 1. The topological polar surface area (TPSA) is 67.9 Å². The molecule has 1 fully saturated rings. The number of aromatic amines is 1. The Hall–Kier alpha value is -1.82. The van der Waals surface area contributed by atoms with E-state index in [4.69, 9.17) is 4.74 Å². The standard InChI is InChI=1S/C12H11N3O2S/c16-11-9(6-7-17-11)18-12-13-10(14-15-12)8-4-2-1-3-5-8/h1-5,9H,6-7H2,(H,13,14,15)/t9-/m1/s1. The Morgan fingerprint density at radius 2 is 2.17 bits per heavy atom. The zero-order chi connectivity index (χ0) is 12.4. The van der Waals surface area contributed by atoms with Crippen LogP contribution in [0.5, 0.6) is 0 Å². The lowest BCUT2D eigenvalue weighted by Crippen LogP contribution is -2.09. The molecule has 1 aromatic carbocycles. The molecule has 0 unspecified atom stereocenters. The maximum absolute atomic E-state index is 11.3. The van der Waals surface area contributed by atoms with Gasteiger partial charge < -0.3 is 4.74 Å². The van der Waals surface area contributed by atoms with E-state index >= 15 is 0 Å². The van der Waals surface area contributed by atoms with E-state index in [-0.39, 0.29) is 11.2 Å². The third-order valence-corrected chi connectivity index (χ3v) is 3.75. The van der Waals surface area contributed by atoms with Gasteiger partial charge in [-0.25, -0.2) is 4.98 Å². The van der Waals surface area contributed by atoms with Crippen molar-refractivity contribution in [2.75, 3.05) is 6.61 Å². The molecule has 6 heteroatoms. The van der Waals surface area contributed by atoms with Gasteiger partial charge in [0.25, 0.3) is 0 Å². The van der Waals surface area contributed by atoms with Crippen LogP contribution in [-0.2, 0) is 9.53 Å². The summed E-state index contributed by atoms with van der Waals surface area (Å²) in [6.45, 7) is 0.493. The van der Waals surface area contributed by atoms with Gasteiger partial charge in [-0.05, 0) is 0 Å². The monoisotopic (exact) mass is 261 g/mol. The number of nitrogens with zero attached hydrogens (tertiary/aromatic N) is 2. The minimum atomic E-state index is -0.176. The molecule has 0 radical (unpaired) electrons. The van der Waals surface area contributed by atoms with Crippen molar-refractivity contribution in [1.29, 1.82) is 0 Å². The number of thioether (sulfide) groups is 1. The minimum absolute atomic E-state index is 0.175. The number of H-pyrrole nitrogens is 1. The normalized spacial score (nSPS) is 18.9. The number of hydrogen-bond donors (Lipinski definition) is 1. The molecule has 1 atom stereocenters. The van der Waals surface area contributed by atoms with Gasteiger partial charge in [-0.2, -0.15) is 0 Å². The van der Waals surface area contributed by atoms with Crippen molar-refractivity contribution in [1.82, 2.24) is 15.2 Å². The lowest BCUT2D eigenvalue weighted by Gasteiger charge is -1.99. The van der Waals surface area contributed by atoms with Crippen LogP contribution in [0.3, 0.4) is 0 Å². The fourth-order valence-corrected chi connectivity index (χ4v) is 2.61. The van der Waals surface area contributed by atoms with E-state index in [0.29, 0.717) is 17.6 Å². The van der Waals surface area contributed by atoms with E-state index < -0.39 is 0 Å². The maximum Gasteiger partial charge on any atom is 0.319 e. The highest BCUT2D eigenvalue weighted by Gasteiger charge is 2.28. The first-order chi connectivity index (χ1) is 8.83. The van der Waals surface area contributed by atoms with Crippen LogP contribution in [0.15, 0.2) is 35.5 Å². The largest absolute Gasteiger partial charge is 0.465 e. The zero-order valence-electron chi connectivity index (χ0n) is 9.50. The van der Waals surface area contributed by atoms with Gasteiger partial charge in [-0.15, -0.1) is 5.10 Å². The minimum Gasteiger partial charge on any atom is -0.465 e. The van der Waals surface area contributed by atoms with Crippen molar-refractivity contribution < 1.29 is 9.53 Å². The first-order valence-electron chi connectivity index (χ1n) is 5.64. The highest BCUT2D eigenvalue weighted by Crippen LogP contribution is 2.28. The Kier molecular flexibility index (Phi) is 3.02. The van der Waals surface area contributed by atoms with Gasteiger partial charge in [0.15, 0.2) is 5.82 Å². The Bertz CT molecular complexity index is 555. The van der Waals surface area contributed by atoms with Crippen LogP contribution >= 0.6 is 11.8 Å². The van der Waals surface area contributed by atoms with Crippen molar-refractivity contribution in [3.05, 3.63) is 30.3 Å². The van der Waals surface area contributed by atoms with Crippen LogP contribution in [0.1, 0.15) is 6.42 Å². The second-order valence-electron chi connectivity index (χ2n) is 3.90. The molecule has 3 rings (SSSR count). The SMILES string of the molecule is O=C1OCC[C@H]1Sc1n[nH]c(-c2ccccc2)n1. The molecule has 92 valence electrons. The van der Waals surface area contributed by atoms with Gasteiger partial charge in [0, 0.05) is 12.0 Å². The van der Waals surface area contributed by atoms with E-state index in [1.54, 1.807) is 0 Å². The second-order valence-corrected chi connectivity index (χ2v) is 5.07. The van der Waals surface area contributed by atoms with Crippen molar-refractivity contribution >= 4 is 17.7 Å². The quantitative estimate of drug-likeness (QED) is 0.854. The van der Waals surface area contributed by atoms with Gasteiger partial charge in [0.1, 0.15) is 5.25 Å². The average Bonchev–Trinajstić information content (AvgIpc) is 3.02. The van der Waals surface area contributed by atoms with E-state index in [2.05, 4.69) is 15.2 Å². The van der Waals surface area contributed by atoms with Gasteiger partial charge in [-0.1, -0.05) is 42.1 Å². The van der Waals surface area contributed by atoms with Crippen LogP contribution in [-0.4, -0.2) is 33.0 Å². The van der Waals surface area contributed by atoms with Crippen molar-refractivity contribution in [2.45, 2.75) is 16.8 Å². The van der Waals surface area contributed by atoms with E-state index in [9.17, 15) is 4.79 Å². The number of rotatable bonds is 3. The van der Waals surface area contributed by atoms with Gasteiger partial charge in [0.05, 0.1) is 6.61 Å². The molecule has 0 spiro atoms. The molecule has 0 bridgehead atoms. The van der Waals surface area contributed by atoms with Crippen LogP contribution in [0.4, 0.5) is 0 Å². The Labute approximate surface area is 108 Å². The fraction of sp³-hybridized carbons (Fsp3) is 0.250. The summed E-state index contributed by atoms with van der Waals surface area (Å²) in [5.74, 6) is 0.538. The highest BCUT2D eigenvalue weighted by atomic mass is 32.2. The van der Waals surface area contributed by atoms with Crippen molar-refractivity contribution in [3.8, 4) is 11.4 Å². The predicted molar refractivity (Wildman–Crippen MR) is 67.0 cm³/mol. The molecule has 1 aliphatic rings. The maximum atomic E-state index is 11.3. The summed E-state index contributed by atoms with van der Waals surface area (Å²) in [5.41, 5.74) is 0.978. The summed E-state index contributed by atoms with van der Waals surface area (Å²) in [4.78, 5) is 15.7. The van der Waals surface area contributed by atoms with Gasteiger partial charge in [0.2, 0.25) is 5.16 Å². The molecule has 2 aromatic rings. The van der Waals surface area contributed by atoms with E-state index in [1.165, 1.54) is 11.8 Å². The lowest BCUT2D eigenvalue weighted by molar-refractivity contribution is -0.137. The van der Waals surface area contributed by atoms with Gasteiger partial charge >= 0.3 is 5.97 Å². The lowest BCUT2D eigenvalue weighted by atomic mass is 10.2. The summed E-state index contributed by atoms with van der Waals surface area (Å²) in [6, 6.07) is 9.75. The summed E-state index contributed by atoms with van der Waals surface area (Å²) in [6.07, 6.45) is 0.721. The number of cyclic esters (lactones) is 1. The molecule has 0 saturated carbocycles. The summed E-state index contributed by atoms with van der Waals surface area (Å²) < 4.78 is 4.90. The molecule has 1 aliphatic heterocycles. The molecule has 1 aromatic heterocycles. The molecule has 0 amide bonds. The number of carbonyl (C=O) groups excluding carboxylic acids is 1. The van der Waals surface area contributed by atoms with Crippen LogP contribution in [0.25, 0.3) is 11.4 Å². The first-order valence-corrected chi connectivity index (χ1v) is 6.52. The fourth-order valence-electron chi connectivity index (χ4n) is 1.74. The first kappa shape index (κ1) is 11.3. The van der Waals surface area contributed by atoms with Crippen LogP contribution in [0.2, 0.25) is 0 Å². The highest BCUT2D eigenvalue weighted by molar-refractivity contribution is 8.00. The second kappa shape index (κ2) is 4.81. The molecular weight excluding hydrogens is 250 g/mol. The summed E-state index contributed by atoms with van der Waals surface area (Å²) in [5, 5.41) is 7.39. The molecule has 2 heterocycles. The molecule has 5 nitrogen and oxygen atoms in total. The van der Waals surface area contributed by atoms with Gasteiger partial charge in [-0.3, -0.25) is 9.89 Å². The average molecular weight is 261 g/mol. The zero-order valence-corrected chi connectivity index (χ0v) is 10.3. The third kappa shape index (κ3) is 2.24. The molecule has 1 N–H and O–H groups in total. The molecular formula is C12H11N3O2S. The van der Waals surface area contributed by atoms with E-state index in [1.807, 2.05) is 30.3 Å². The van der Waals surface area contributed by atoms with Crippen LogP contribution in [0, 0.1) is 0 Å². The number of aromatic nitrogens is 3. The number of nitrogens with one attached hydrogen (secondary N) is 1. The summed E-state index contributed by atoms with van der Waals surface area (Å²) in [7, 11) is 0. The number of hydrogen-bond acceptors (Lipinski definition) is 5. The van der Waals surface area contributed by atoms with E-state index in [0.717, 1.165) is 12.0 Å². The Morgan fingerprint density at radius 1 is 1.33 bits per heavy atom. The summed E-state index contributed by atoms with van der Waals surface area (Å²) >= 11 is 1.35. The molecule has 0 aliphatic carbocycles. The third-order valence-electron chi connectivity index (χ3n) is 2.65. The van der Waals surface area contributed by atoms with Crippen molar-refractivity contribution in [3.63, 3.8) is 0 Å². The molecule has 18 heavy (non-hydrogen) atoms. The number of carbonyl (C=O) groups is 1. The Morgan fingerprint density at radius 3 is 2.89 bits per heavy atom. The molecule has 1 saturated heterocycles. The van der Waals surface area contributed by atoms with Crippen LogP contribution < -0.4 is 0 Å². The number of ether oxygens (including phenoxy) is 1. The predicted octanol–water partition coefficient (Wildman–Crippen LogP) is 1.88. The number of benzene rings is 1. The van der Waals surface area contributed by atoms with Crippen molar-refractivity contribution in [2.24, 2.45) is 0 Å². The smallest absolute Gasteiger partial charge is 0.319 e. The Balaban J connectivity index is 1.76.